The topological polar surface area (TPSA) is 162 Å². The number of benzene rings is 2. The molecule has 0 radical (unpaired) electrons. The first-order valence-corrected chi connectivity index (χ1v) is 20.0. The average molecular weight is 772 g/mol. The Morgan fingerprint density at radius 2 is 1.63 bits per heavy atom. The Hall–Kier alpha value is -5.83. The molecule has 2 aromatic carbocycles. The van der Waals surface area contributed by atoms with Crippen molar-refractivity contribution in [1.29, 1.82) is 0 Å². The predicted octanol–water partition coefficient (Wildman–Crippen LogP) is 3.62. The fraction of sp³-hybridized carbons (Fsp3) is 0.452. The average Bonchev–Trinajstić information content (AvgIpc) is 3.83. The molecule has 7 heterocycles. The standard InChI is InChI=1S/C42H45N9O6/c1-24(2)57-35-16-31-26(15-33(35)45-38(53)32-17-44-51-13-3-12-43-37(32)51)18-49(41(31)56)28-6-4-27(5-7-28)47-20-42(21-47)22-48(23-42)29-8-9-30-25(14-29)19-50(40(30)55)34-10-11-36(52)46-39(34)54/h3,8-9,12-17,24,27-28,34H,4-7,10-11,18-23H2,1-2H3,(H,45,53)(H,46,52,54). The van der Waals surface area contributed by atoms with E-state index < -0.39 is 11.9 Å². The summed E-state index contributed by atoms with van der Waals surface area (Å²) in [5.74, 6) is -0.687. The van der Waals surface area contributed by atoms with Crippen LogP contribution in [0.1, 0.15) is 94.6 Å². The van der Waals surface area contributed by atoms with E-state index in [-0.39, 0.29) is 47.6 Å². The molecule has 6 aliphatic rings. The molecule has 2 aromatic heterocycles. The van der Waals surface area contributed by atoms with E-state index in [1.807, 2.05) is 36.9 Å². The summed E-state index contributed by atoms with van der Waals surface area (Å²) in [6, 6.07) is 11.5. The highest BCUT2D eigenvalue weighted by Gasteiger charge is 2.54. The van der Waals surface area contributed by atoms with Crippen molar-refractivity contribution in [3.05, 3.63) is 82.8 Å². The van der Waals surface area contributed by atoms with Crippen LogP contribution >= 0.6 is 0 Å². The zero-order valence-corrected chi connectivity index (χ0v) is 32.1. The van der Waals surface area contributed by atoms with Gasteiger partial charge in [-0.1, -0.05) is 0 Å². The molecule has 5 amide bonds. The largest absolute Gasteiger partial charge is 0.489 e. The van der Waals surface area contributed by atoms with Gasteiger partial charge in [0.1, 0.15) is 17.4 Å². The van der Waals surface area contributed by atoms with Crippen molar-refractivity contribution in [2.45, 2.75) is 89.7 Å². The molecule has 5 aliphatic heterocycles. The molecule has 1 unspecified atom stereocenters. The molecule has 3 saturated heterocycles. The van der Waals surface area contributed by atoms with Crippen LogP contribution in [0.3, 0.4) is 0 Å². The lowest BCUT2D eigenvalue weighted by atomic mass is 9.70. The predicted molar refractivity (Wildman–Crippen MR) is 208 cm³/mol. The number of fused-ring (bicyclic) bond motifs is 3. The van der Waals surface area contributed by atoms with Gasteiger partial charge in [-0.3, -0.25) is 34.2 Å². The molecular weight excluding hydrogens is 727 g/mol. The fourth-order valence-corrected chi connectivity index (χ4v) is 10.00. The number of nitrogens with zero attached hydrogens (tertiary/aromatic N) is 7. The summed E-state index contributed by atoms with van der Waals surface area (Å²) in [5.41, 5.74) is 5.80. The van der Waals surface area contributed by atoms with Gasteiger partial charge in [-0.05, 0) is 93.5 Å². The molecule has 4 fully saturated rings. The molecule has 15 nitrogen and oxygen atoms in total. The fourth-order valence-electron chi connectivity index (χ4n) is 10.00. The lowest BCUT2D eigenvalue weighted by Crippen LogP contribution is -2.73. The molecule has 1 saturated carbocycles. The molecule has 1 atom stereocenters. The molecule has 2 N–H and O–H groups in total. The van der Waals surface area contributed by atoms with Crippen molar-refractivity contribution in [2.24, 2.45) is 5.41 Å². The van der Waals surface area contributed by atoms with E-state index in [0.29, 0.717) is 59.3 Å². The van der Waals surface area contributed by atoms with Gasteiger partial charge in [0.25, 0.3) is 17.7 Å². The summed E-state index contributed by atoms with van der Waals surface area (Å²) in [4.78, 5) is 77.4. The number of hydrogen-bond acceptors (Lipinski definition) is 10. The van der Waals surface area contributed by atoms with Crippen molar-refractivity contribution >= 4 is 46.6 Å². The monoisotopic (exact) mass is 771 g/mol. The van der Waals surface area contributed by atoms with Crippen molar-refractivity contribution in [3.8, 4) is 5.75 Å². The third-order valence-electron chi connectivity index (χ3n) is 12.8. The van der Waals surface area contributed by atoms with E-state index in [1.165, 1.54) is 6.20 Å². The Labute approximate surface area is 329 Å². The van der Waals surface area contributed by atoms with E-state index >= 15 is 0 Å². The number of imide groups is 1. The highest BCUT2D eigenvalue weighted by atomic mass is 16.5. The SMILES string of the molecule is CC(C)Oc1cc2c(cc1NC(=O)c1cnn3cccnc13)CN(C1CCC(N3CC4(CN(c5ccc6c(c5)CN(C5CCC(=O)NC5=O)C6=O)C4)C3)CC1)C2=O. The van der Waals surface area contributed by atoms with Gasteiger partial charge >= 0.3 is 0 Å². The van der Waals surface area contributed by atoms with Crippen LogP contribution in [0.5, 0.6) is 5.75 Å². The van der Waals surface area contributed by atoms with E-state index in [0.717, 1.165) is 68.7 Å². The third kappa shape index (κ3) is 6.10. The quantitative estimate of drug-likeness (QED) is 0.253. The van der Waals surface area contributed by atoms with Crippen LogP contribution in [-0.2, 0) is 22.7 Å². The summed E-state index contributed by atoms with van der Waals surface area (Å²) in [5, 5.41) is 9.62. The van der Waals surface area contributed by atoms with Crippen LogP contribution in [0.4, 0.5) is 11.4 Å². The molecule has 10 rings (SSSR count). The Kier molecular flexibility index (Phi) is 8.36. The maximum Gasteiger partial charge on any atom is 0.261 e. The number of carbonyl (C=O) groups excluding carboxylic acids is 5. The van der Waals surface area contributed by atoms with Crippen LogP contribution in [0, 0.1) is 5.41 Å². The van der Waals surface area contributed by atoms with Crippen molar-refractivity contribution in [3.63, 3.8) is 0 Å². The smallest absolute Gasteiger partial charge is 0.261 e. The number of likely N-dealkylation sites (tertiary alicyclic amines) is 1. The molecular formula is C42H45N9O6. The number of piperidine rings is 1. The molecule has 4 aromatic rings. The third-order valence-corrected chi connectivity index (χ3v) is 12.8. The van der Waals surface area contributed by atoms with Crippen LogP contribution in [0.2, 0.25) is 0 Å². The molecule has 1 aliphatic carbocycles. The minimum absolute atomic E-state index is 0.0174. The number of aromatic nitrogens is 3. The normalized spacial score (nSPS) is 24.1. The lowest BCUT2D eigenvalue weighted by Gasteiger charge is -2.63. The van der Waals surface area contributed by atoms with E-state index in [1.54, 1.807) is 33.9 Å². The number of amides is 5. The molecule has 294 valence electrons. The second-order valence-corrected chi connectivity index (χ2v) is 17.0. The van der Waals surface area contributed by atoms with Crippen LogP contribution < -0.4 is 20.3 Å². The Bertz CT molecular complexity index is 2350. The van der Waals surface area contributed by atoms with Gasteiger partial charge in [-0.25, -0.2) is 9.50 Å². The molecule has 1 spiro atoms. The number of ether oxygens (including phenoxy) is 1. The van der Waals surface area contributed by atoms with E-state index in [4.69, 9.17) is 4.74 Å². The first kappa shape index (κ1) is 35.6. The summed E-state index contributed by atoms with van der Waals surface area (Å²) in [7, 11) is 0. The van der Waals surface area contributed by atoms with Crippen molar-refractivity contribution in [2.75, 3.05) is 36.4 Å². The molecule has 0 bridgehead atoms. The zero-order chi connectivity index (χ0) is 39.2. The maximum absolute atomic E-state index is 13.9. The minimum atomic E-state index is -0.609. The van der Waals surface area contributed by atoms with Gasteiger partial charge in [-0.15, -0.1) is 0 Å². The van der Waals surface area contributed by atoms with E-state index in [9.17, 15) is 24.0 Å². The van der Waals surface area contributed by atoms with Gasteiger partial charge in [0.05, 0.1) is 18.0 Å². The number of carbonyl (C=O) groups is 5. The van der Waals surface area contributed by atoms with Crippen LogP contribution in [0.15, 0.2) is 55.0 Å². The highest BCUT2D eigenvalue weighted by molar-refractivity contribution is 6.09. The number of rotatable bonds is 8. The number of hydrogen-bond donors (Lipinski definition) is 2. The first-order chi connectivity index (χ1) is 27.5. The highest BCUT2D eigenvalue weighted by Crippen LogP contribution is 2.46. The van der Waals surface area contributed by atoms with E-state index in [2.05, 4.69) is 36.6 Å². The Morgan fingerprint density at radius 3 is 2.40 bits per heavy atom. The zero-order valence-electron chi connectivity index (χ0n) is 32.1. The van der Waals surface area contributed by atoms with Gasteiger partial charge in [0.15, 0.2) is 5.65 Å². The summed E-state index contributed by atoms with van der Waals surface area (Å²) in [6.07, 6.45) is 9.29. The minimum Gasteiger partial charge on any atom is -0.489 e. The summed E-state index contributed by atoms with van der Waals surface area (Å²) >= 11 is 0. The Morgan fingerprint density at radius 1 is 0.895 bits per heavy atom. The van der Waals surface area contributed by atoms with Crippen molar-refractivity contribution < 1.29 is 28.7 Å². The second-order valence-electron chi connectivity index (χ2n) is 17.0. The molecule has 57 heavy (non-hydrogen) atoms. The van der Waals surface area contributed by atoms with Crippen LogP contribution in [0.25, 0.3) is 5.65 Å². The summed E-state index contributed by atoms with van der Waals surface area (Å²) in [6.45, 7) is 8.81. The maximum atomic E-state index is 13.9. The molecule has 15 heteroatoms. The second kappa shape index (κ2) is 13.4. The van der Waals surface area contributed by atoms with Gasteiger partial charge in [-0.2, -0.15) is 5.10 Å². The first-order valence-electron chi connectivity index (χ1n) is 20.0. The van der Waals surface area contributed by atoms with Gasteiger partial charge < -0.3 is 24.8 Å². The number of anilines is 2. The van der Waals surface area contributed by atoms with Crippen LogP contribution in [-0.4, -0.2) is 109 Å². The van der Waals surface area contributed by atoms with Gasteiger partial charge in [0, 0.05) is 92.4 Å². The van der Waals surface area contributed by atoms with Gasteiger partial charge in [0.2, 0.25) is 11.8 Å². The summed E-state index contributed by atoms with van der Waals surface area (Å²) < 4.78 is 7.67. The number of nitrogens with one attached hydrogen (secondary N) is 2. The van der Waals surface area contributed by atoms with Crippen molar-refractivity contribution in [1.82, 2.24) is 34.6 Å². The Balaban J connectivity index is 0.732. The lowest BCUT2D eigenvalue weighted by molar-refractivity contribution is -0.136.